The number of alkyl halides is 3. The highest BCUT2D eigenvalue weighted by atomic mass is 19.4. The van der Waals surface area contributed by atoms with E-state index in [1.54, 1.807) is 12.1 Å². The molecule has 3 N–H and O–H groups in total. The monoisotopic (exact) mass is 419 g/mol. The molecule has 9 heteroatoms. The number of benzene rings is 1. The second kappa shape index (κ2) is 7.79. The number of nitrogens with zero attached hydrogens (tertiary/aromatic N) is 3. The number of aromatic nitrogens is 3. The van der Waals surface area contributed by atoms with Gasteiger partial charge in [0, 0.05) is 18.2 Å². The molecule has 0 bridgehead atoms. The lowest BCUT2D eigenvalue weighted by molar-refractivity contribution is -0.137. The number of hydrogen-bond donors (Lipinski definition) is 3. The van der Waals surface area contributed by atoms with E-state index in [1.165, 1.54) is 6.92 Å². The van der Waals surface area contributed by atoms with Crippen molar-refractivity contribution in [2.75, 3.05) is 25.0 Å². The zero-order valence-corrected chi connectivity index (χ0v) is 16.8. The predicted molar refractivity (Wildman–Crippen MR) is 109 cm³/mol. The van der Waals surface area contributed by atoms with Crippen molar-refractivity contribution in [2.45, 2.75) is 38.9 Å². The van der Waals surface area contributed by atoms with Gasteiger partial charge in [0.1, 0.15) is 5.75 Å². The van der Waals surface area contributed by atoms with Crippen LogP contribution in [0.4, 0.5) is 19.1 Å². The van der Waals surface area contributed by atoms with Gasteiger partial charge in [0.2, 0.25) is 5.95 Å². The van der Waals surface area contributed by atoms with Gasteiger partial charge < -0.3 is 20.3 Å². The molecule has 1 saturated heterocycles. The molecule has 0 amide bonds. The fourth-order valence-corrected chi connectivity index (χ4v) is 4.02. The Balaban J connectivity index is 1.62. The van der Waals surface area contributed by atoms with E-state index < -0.39 is 17.5 Å². The lowest BCUT2D eigenvalue weighted by Gasteiger charge is -2.32. The van der Waals surface area contributed by atoms with Gasteiger partial charge >= 0.3 is 6.18 Å². The third kappa shape index (κ3) is 4.07. The third-order valence-corrected chi connectivity index (χ3v) is 5.54. The van der Waals surface area contributed by atoms with Crippen molar-refractivity contribution < 1.29 is 18.3 Å². The van der Waals surface area contributed by atoms with E-state index in [0.29, 0.717) is 34.4 Å². The van der Waals surface area contributed by atoms with Crippen molar-refractivity contribution in [3.63, 3.8) is 0 Å². The molecule has 30 heavy (non-hydrogen) atoms. The van der Waals surface area contributed by atoms with Gasteiger partial charge in [-0.05, 0) is 62.7 Å². The summed E-state index contributed by atoms with van der Waals surface area (Å²) in [5, 5.41) is 13.7. The summed E-state index contributed by atoms with van der Waals surface area (Å²) in [6.45, 7) is 6.74. The fourth-order valence-electron chi connectivity index (χ4n) is 4.02. The van der Waals surface area contributed by atoms with E-state index in [-0.39, 0.29) is 5.56 Å². The number of H-pyrrole nitrogens is 1. The Morgan fingerprint density at radius 3 is 2.77 bits per heavy atom. The number of aromatic hydroxyl groups is 1. The number of imidazole rings is 1. The summed E-state index contributed by atoms with van der Waals surface area (Å²) in [5.41, 5.74) is 1.21. The van der Waals surface area contributed by atoms with Crippen LogP contribution in [0, 0.1) is 6.92 Å². The molecule has 2 aromatic heterocycles. The Morgan fingerprint density at radius 1 is 1.27 bits per heavy atom. The molecule has 0 spiro atoms. The van der Waals surface area contributed by atoms with Crippen LogP contribution in [0.5, 0.6) is 5.75 Å². The quantitative estimate of drug-likeness (QED) is 0.578. The van der Waals surface area contributed by atoms with Crippen LogP contribution in [0.15, 0.2) is 24.3 Å². The molecule has 0 saturated carbocycles. The normalized spacial score (nSPS) is 18.1. The second-order valence-corrected chi connectivity index (χ2v) is 7.71. The minimum absolute atomic E-state index is 0.272. The summed E-state index contributed by atoms with van der Waals surface area (Å²) < 4.78 is 38.9. The molecule has 160 valence electrons. The zero-order chi connectivity index (χ0) is 21.5. The average molecular weight is 419 g/mol. The van der Waals surface area contributed by atoms with Crippen LogP contribution in [0.2, 0.25) is 0 Å². The van der Waals surface area contributed by atoms with Crippen LogP contribution in [0.25, 0.3) is 22.4 Å². The Labute approximate surface area is 172 Å². The molecule has 0 radical (unpaired) electrons. The van der Waals surface area contributed by atoms with Gasteiger partial charge in [0.25, 0.3) is 0 Å². The van der Waals surface area contributed by atoms with Crippen LogP contribution in [0.1, 0.15) is 30.9 Å². The van der Waals surface area contributed by atoms with E-state index in [9.17, 15) is 18.3 Å². The van der Waals surface area contributed by atoms with E-state index in [1.807, 2.05) is 0 Å². The summed E-state index contributed by atoms with van der Waals surface area (Å²) >= 11 is 0. The number of phenolic OH excluding ortho intramolecular Hbond substituents is 1. The Hall–Kier alpha value is -2.81. The number of likely N-dealkylation sites (tertiary alicyclic amines) is 1. The first-order valence-electron chi connectivity index (χ1n) is 10.0. The number of piperidine rings is 1. The number of aromatic amines is 1. The summed E-state index contributed by atoms with van der Waals surface area (Å²) in [5.74, 6) is 0.163. The number of nitrogens with one attached hydrogen (secondary N) is 2. The number of likely N-dealkylation sites (N-methyl/N-ethyl adjacent to an activating group) is 1. The Morgan fingerprint density at radius 2 is 2.07 bits per heavy atom. The predicted octanol–water partition coefficient (Wildman–Crippen LogP) is 4.55. The summed E-state index contributed by atoms with van der Waals surface area (Å²) in [6.07, 6.45) is -2.33. The number of fused-ring (bicyclic) bond motifs is 1. The van der Waals surface area contributed by atoms with Gasteiger partial charge in [-0.15, -0.1) is 0 Å². The number of pyridine rings is 1. The summed E-state index contributed by atoms with van der Waals surface area (Å²) in [7, 11) is 0. The van der Waals surface area contributed by atoms with Crippen molar-refractivity contribution in [3.05, 3.63) is 35.4 Å². The van der Waals surface area contributed by atoms with Crippen LogP contribution in [0.3, 0.4) is 0 Å². The van der Waals surface area contributed by atoms with Gasteiger partial charge in [-0.2, -0.15) is 18.2 Å². The maximum absolute atomic E-state index is 13.0. The molecule has 3 heterocycles. The highest BCUT2D eigenvalue weighted by Crippen LogP contribution is 2.38. The number of aryl methyl sites for hydroxylation is 1. The topological polar surface area (TPSA) is 77.1 Å². The lowest BCUT2D eigenvalue weighted by Crippen LogP contribution is -2.42. The fraction of sp³-hybridized carbons (Fsp3) is 0.429. The van der Waals surface area contributed by atoms with E-state index >= 15 is 0 Å². The highest BCUT2D eigenvalue weighted by molar-refractivity contribution is 5.80. The standard InChI is InChI=1S/C21H24F3N5O/c1-3-29-8-4-5-14(11-29)25-20-27-16-7-6-15(26-19(16)28-20)18-12(2)9-13(10-17(18)30)21(22,23)24/h6-7,9-10,14,30H,3-5,8,11H2,1-2H3,(H2,25,26,27,28)/t14-/m1/s1. The average Bonchev–Trinajstić information content (AvgIpc) is 3.08. The summed E-state index contributed by atoms with van der Waals surface area (Å²) in [4.78, 5) is 14.6. The molecule has 0 aliphatic carbocycles. The van der Waals surface area contributed by atoms with E-state index in [0.717, 1.165) is 44.6 Å². The van der Waals surface area contributed by atoms with E-state index in [2.05, 4.69) is 32.1 Å². The van der Waals surface area contributed by atoms with Crippen molar-refractivity contribution in [3.8, 4) is 17.0 Å². The van der Waals surface area contributed by atoms with Gasteiger partial charge in [-0.3, -0.25) is 0 Å². The SMILES string of the molecule is CCN1CCC[C@@H](Nc2nc3nc(-c4c(C)cc(C(F)(F)F)cc4O)ccc3[nH]2)C1. The molecule has 1 aliphatic heterocycles. The first kappa shape index (κ1) is 20.5. The van der Waals surface area contributed by atoms with Gasteiger partial charge in [-0.1, -0.05) is 6.92 Å². The highest BCUT2D eigenvalue weighted by Gasteiger charge is 2.32. The second-order valence-electron chi connectivity index (χ2n) is 7.71. The molecule has 1 fully saturated rings. The number of hydrogen-bond acceptors (Lipinski definition) is 5. The smallest absolute Gasteiger partial charge is 0.416 e. The minimum atomic E-state index is -4.52. The van der Waals surface area contributed by atoms with Crippen molar-refractivity contribution in [1.29, 1.82) is 0 Å². The molecule has 4 rings (SSSR count). The molecule has 1 atom stereocenters. The molecule has 1 aromatic carbocycles. The van der Waals surface area contributed by atoms with Crippen LogP contribution < -0.4 is 5.32 Å². The number of phenols is 1. The van der Waals surface area contributed by atoms with Crippen LogP contribution in [-0.4, -0.2) is 50.6 Å². The molecule has 0 unspecified atom stereocenters. The zero-order valence-electron chi connectivity index (χ0n) is 16.8. The number of anilines is 1. The Kier molecular flexibility index (Phi) is 5.31. The van der Waals surface area contributed by atoms with Crippen molar-refractivity contribution >= 4 is 17.1 Å². The molecular formula is C21H24F3N5O. The largest absolute Gasteiger partial charge is 0.507 e. The maximum Gasteiger partial charge on any atom is 0.416 e. The van der Waals surface area contributed by atoms with Gasteiger partial charge in [0.05, 0.1) is 16.8 Å². The maximum atomic E-state index is 13.0. The number of rotatable bonds is 4. The third-order valence-electron chi connectivity index (χ3n) is 5.54. The van der Waals surface area contributed by atoms with Crippen molar-refractivity contribution in [2.24, 2.45) is 0 Å². The Bertz CT molecular complexity index is 1040. The first-order valence-corrected chi connectivity index (χ1v) is 10.0. The molecular weight excluding hydrogens is 395 g/mol. The molecule has 1 aliphatic rings. The molecule has 3 aromatic rings. The van der Waals surface area contributed by atoms with E-state index in [4.69, 9.17) is 0 Å². The first-order chi connectivity index (χ1) is 14.2. The van der Waals surface area contributed by atoms with Gasteiger partial charge in [-0.25, -0.2) is 4.98 Å². The number of halogens is 3. The molecule has 6 nitrogen and oxygen atoms in total. The van der Waals surface area contributed by atoms with Gasteiger partial charge in [0.15, 0.2) is 5.65 Å². The summed E-state index contributed by atoms with van der Waals surface area (Å²) in [6, 6.07) is 5.47. The minimum Gasteiger partial charge on any atom is -0.507 e. The van der Waals surface area contributed by atoms with Crippen LogP contribution >= 0.6 is 0 Å². The van der Waals surface area contributed by atoms with Crippen molar-refractivity contribution in [1.82, 2.24) is 19.9 Å². The lowest BCUT2D eigenvalue weighted by atomic mass is 10.0. The van der Waals surface area contributed by atoms with Crippen LogP contribution in [-0.2, 0) is 6.18 Å².